The van der Waals surface area contributed by atoms with Gasteiger partial charge in [-0.3, -0.25) is 4.79 Å². The minimum absolute atomic E-state index is 0.0208. The topological polar surface area (TPSA) is 26.3 Å². The Bertz CT molecular complexity index is 360. The van der Waals surface area contributed by atoms with Crippen LogP contribution >= 0.6 is 0 Å². The Kier molecular flexibility index (Phi) is 21.3. The third kappa shape index (κ3) is 17.2. The van der Waals surface area contributed by atoms with E-state index in [0.29, 0.717) is 13.0 Å². The fourth-order valence-electron chi connectivity index (χ4n) is 4.38. The van der Waals surface area contributed by atoms with Crippen molar-refractivity contribution in [2.75, 3.05) is 6.61 Å². The summed E-state index contributed by atoms with van der Waals surface area (Å²) >= 11 is 0. The van der Waals surface area contributed by atoms with Gasteiger partial charge in [-0.05, 0) is 25.7 Å². The van der Waals surface area contributed by atoms with Crippen molar-refractivity contribution < 1.29 is 9.53 Å². The second-order valence-electron chi connectivity index (χ2n) is 9.67. The number of rotatable bonds is 23. The Labute approximate surface area is 190 Å². The first-order valence-corrected chi connectivity index (χ1v) is 13.8. The molecular weight excluding hydrogens is 368 g/mol. The zero-order valence-electron chi connectivity index (χ0n) is 21.4. The summed E-state index contributed by atoms with van der Waals surface area (Å²) in [5.41, 5.74) is 0.209. The van der Waals surface area contributed by atoms with E-state index in [0.717, 1.165) is 19.3 Å². The number of hydrogen-bond donors (Lipinski definition) is 0. The summed E-state index contributed by atoms with van der Waals surface area (Å²) in [5.74, 6) is 0.0208. The van der Waals surface area contributed by atoms with Gasteiger partial charge in [-0.1, -0.05) is 130 Å². The third-order valence-electron chi connectivity index (χ3n) is 7.08. The Hall–Kier alpha value is -0.530. The lowest BCUT2D eigenvalue weighted by Gasteiger charge is -2.31. The minimum Gasteiger partial charge on any atom is -0.465 e. The van der Waals surface area contributed by atoms with E-state index in [1.54, 1.807) is 0 Å². The lowest BCUT2D eigenvalue weighted by molar-refractivity contribution is -0.148. The molecule has 0 unspecified atom stereocenters. The molecule has 0 spiro atoms. The predicted molar refractivity (Wildman–Crippen MR) is 133 cm³/mol. The van der Waals surface area contributed by atoms with Crippen molar-refractivity contribution in [1.29, 1.82) is 0 Å². The van der Waals surface area contributed by atoms with Crippen molar-refractivity contribution >= 4 is 5.97 Å². The summed E-state index contributed by atoms with van der Waals surface area (Å²) in [4.78, 5) is 12.1. The number of esters is 1. The van der Waals surface area contributed by atoms with E-state index in [-0.39, 0.29) is 11.4 Å². The standard InChI is InChI=1S/C28H56O2/c1-5-9-11-12-13-14-15-16-17-18-19-20-21-22-23-24-27(29)30-26-28(7-3,8-4)25-10-6-2/h5-26H2,1-4H3. The van der Waals surface area contributed by atoms with Crippen LogP contribution in [-0.2, 0) is 9.53 Å². The maximum absolute atomic E-state index is 12.1. The van der Waals surface area contributed by atoms with E-state index < -0.39 is 0 Å². The quantitative estimate of drug-likeness (QED) is 0.120. The summed E-state index contributed by atoms with van der Waals surface area (Å²) in [6.45, 7) is 9.62. The molecule has 0 rings (SSSR count). The molecule has 0 aliphatic carbocycles. The van der Waals surface area contributed by atoms with Gasteiger partial charge in [0, 0.05) is 11.8 Å². The summed E-state index contributed by atoms with van der Waals surface area (Å²) in [6, 6.07) is 0. The summed E-state index contributed by atoms with van der Waals surface area (Å²) in [5, 5.41) is 0. The van der Waals surface area contributed by atoms with Gasteiger partial charge in [0.25, 0.3) is 0 Å². The lowest BCUT2D eigenvalue weighted by atomic mass is 9.78. The molecule has 0 aliphatic heterocycles. The number of carbonyl (C=O) groups excluding carboxylic acids is 1. The van der Waals surface area contributed by atoms with Crippen LogP contribution in [0, 0.1) is 5.41 Å². The largest absolute Gasteiger partial charge is 0.465 e. The molecule has 0 aromatic rings. The van der Waals surface area contributed by atoms with Crippen LogP contribution in [0.5, 0.6) is 0 Å². The number of unbranched alkanes of at least 4 members (excludes halogenated alkanes) is 15. The average Bonchev–Trinajstić information content (AvgIpc) is 2.77. The van der Waals surface area contributed by atoms with Gasteiger partial charge in [-0.25, -0.2) is 0 Å². The third-order valence-corrected chi connectivity index (χ3v) is 7.08. The molecule has 0 amide bonds. The monoisotopic (exact) mass is 424 g/mol. The van der Waals surface area contributed by atoms with Crippen molar-refractivity contribution in [1.82, 2.24) is 0 Å². The smallest absolute Gasteiger partial charge is 0.305 e. The van der Waals surface area contributed by atoms with Crippen LogP contribution in [0.2, 0.25) is 0 Å². The zero-order valence-corrected chi connectivity index (χ0v) is 21.4. The molecule has 0 fully saturated rings. The molecule has 0 atom stereocenters. The highest BCUT2D eigenvalue weighted by molar-refractivity contribution is 5.69. The lowest BCUT2D eigenvalue weighted by Crippen LogP contribution is -2.27. The van der Waals surface area contributed by atoms with Gasteiger partial charge in [0.05, 0.1) is 6.61 Å². The molecule has 0 heterocycles. The van der Waals surface area contributed by atoms with Gasteiger partial charge >= 0.3 is 5.97 Å². The molecule has 0 saturated carbocycles. The molecule has 2 heteroatoms. The van der Waals surface area contributed by atoms with Gasteiger partial charge in [-0.15, -0.1) is 0 Å². The van der Waals surface area contributed by atoms with Crippen LogP contribution in [-0.4, -0.2) is 12.6 Å². The Morgan fingerprint density at radius 2 is 0.967 bits per heavy atom. The minimum atomic E-state index is 0.0208. The molecule has 30 heavy (non-hydrogen) atoms. The van der Waals surface area contributed by atoms with Gasteiger partial charge in [0.1, 0.15) is 0 Å². The molecule has 2 nitrogen and oxygen atoms in total. The van der Waals surface area contributed by atoms with Crippen molar-refractivity contribution in [3.8, 4) is 0 Å². The molecule has 0 aromatic heterocycles. The molecule has 0 aromatic carbocycles. The van der Waals surface area contributed by atoms with Crippen molar-refractivity contribution in [2.24, 2.45) is 5.41 Å². The van der Waals surface area contributed by atoms with E-state index in [1.807, 2.05) is 0 Å². The van der Waals surface area contributed by atoms with Crippen molar-refractivity contribution in [3.63, 3.8) is 0 Å². The second kappa shape index (κ2) is 21.7. The van der Waals surface area contributed by atoms with Crippen molar-refractivity contribution in [3.05, 3.63) is 0 Å². The predicted octanol–water partition coefficient (Wildman–Crippen LogP) is 9.79. The first-order chi connectivity index (χ1) is 14.6. The fourth-order valence-corrected chi connectivity index (χ4v) is 4.38. The Morgan fingerprint density at radius 3 is 1.37 bits per heavy atom. The Morgan fingerprint density at radius 1 is 0.567 bits per heavy atom. The van der Waals surface area contributed by atoms with Crippen LogP contribution in [0.4, 0.5) is 0 Å². The number of ether oxygens (including phenoxy) is 1. The molecule has 0 saturated heterocycles. The number of hydrogen-bond acceptors (Lipinski definition) is 2. The zero-order chi connectivity index (χ0) is 22.3. The number of carbonyl (C=O) groups is 1. The molecular formula is C28H56O2. The van der Waals surface area contributed by atoms with Gasteiger partial charge in [0.15, 0.2) is 0 Å². The van der Waals surface area contributed by atoms with Gasteiger partial charge in [-0.2, -0.15) is 0 Å². The highest BCUT2D eigenvalue weighted by Gasteiger charge is 2.27. The summed E-state index contributed by atoms with van der Waals surface area (Å²) < 4.78 is 5.67. The van der Waals surface area contributed by atoms with Crippen LogP contribution in [0.25, 0.3) is 0 Å². The molecule has 0 bridgehead atoms. The van der Waals surface area contributed by atoms with Crippen LogP contribution in [0.15, 0.2) is 0 Å². The molecule has 0 radical (unpaired) electrons. The second-order valence-corrected chi connectivity index (χ2v) is 9.67. The van der Waals surface area contributed by atoms with E-state index in [4.69, 9.17) is 4.74 Å². The van der Waals surface area contributed by atoms with Crippen LogP contribution in [0.1, 0.15) is 163 Å². The summed E-state index contributed by atoms with van der Waals surface area (Å²) in [6.07, 6.45) is 26.8. The first kappa shape index (κ1) is 29.5. The van der Waals surface area contributed by atoms with E-state index in [9.17, 15) is 4.79 Å². The Balaban J connectivity index is 3.48. The summed E-state index contributed by atoms with van der Waals surface area (Å²) in [7, 11) is 0. The molecule has 0 N–H and O–H groups in total. The average molecular weight is 425 g/mol. The van der Waals surface area contributed by atoms with Crippen LogP contribution in [0.3, 0.4) is 0 Å². The maximum atomic E-state index is 12.1. The van der Waals surface area contributed by atoms with Crippen LogP contribution < -0.4 is 0 Å². The van der Waals surface area contributed by atoms with E-state index >= 15 is 0 Å². The maximum Gasteiger partial charge on any atom is 0.305 e. The normalized spacial score (nSPS) is 11.7. The van der Waals surface area contributed by atoms with Gasteiger partial charge < -0.3 is 4.74 Å². The van der Waals surface area contributed by atoms with Gasteiger partial charge in [0.2, 0.25) is 0 Å². The van der Waals surface area contributed by atoms with E-state index in [2.05, 4.69) is 27.7 Å². The van der Waals surface area contributed by atoms with Crippen molar-refractivity contribution in [2.45, 2.75) is 163 Å². The van der Waals surface area contributed by atoms with E-state index in [1.165, 1.54) is 109 Å². The molecule has 180 valence electrons. The molecule has 0 aliphatic rings. The first-order valence-electron chi connectivity index (χ1n) is 13.8. The highest BCUT2D eigenvalue weighted by atomic mass is 16.5. The highest BCUT2D eigenvalue weighted by Crippen LogP contribution is 2.33. The fraction of sp³-hybridized carbons (Fsp3) is 0.964. The SMILES string of the molecule is CCCCCCCCCCCCCCCCCC(=O)OCC(CC)(CC)CCCC.